The summed E-state index contributed by atoms with van der Waals surface area (Å²) in [5.41, 5.74) is 1.81. The second-order valence-electron chi connectivity index (χ2n) is 7.91. The molecule has 1 atom stereocenters. The van der Waals surface area contributed by atoms with Gasteiger partial charge in [0.1, 0.15) is 5.75 Å². The highest BCUT2D eigenvalue weighted by Crippen LogP contribution is 2.24. The Morgan fingerprint density at radius 1 is 0.906 bits per heavy atom. The fraction of sp³-hybridized carbons (Fsp3) is 0.269. The van der Waals surface area contributed by atoms with Gasteiger partial charge >= 0.3 is 6.09 Å². The summed E-state index contributed by atoms with van der Waals surface area (Å²) in [7, 11) is 1.62. The van der Waals surface area contributed by atoms with E-state index in [-0.39, 0.29) is 6.54 Å². The van der Waals surface area contributed by atoms with E-state index >= 15 is 0 Å². The van der Waals surface area contributed by atoms with Crippen LogP contribution in [0.25, 0.3) is 0 Å². The van der Waals surface area contributed by atoms with Gasteiger partial charge in [0.2, 0.25) is 0 Å². The molecular formula is C26H30N2O4. The van der Waals surface area contributed by atoms with Gasteiger partial charge in [-0.25, -0.2) is 4.79 Å². The predicted octanol–water partition coefficient (Wildman–Crippen LogP) is 3.64. The third-order valence-corrected chi connectivity index (χ3v) is 5.52. The first kappa shape index (κ1) is 23.3. The number of methoxy groups -OCH3 is 1. The summed E-state index contributed by atoms with van der Waals surface area (Å²) in [5, 5.41) is 26.9. The molecule has 4 N–H and O–H groups in total. The quantitative estimate of drug-likeness (QED) is 0.370. The third-order valence-electron chi connectivity index (χ3n) is 5.52. The Morgan fingerprint density at radius 3 is 2.00 bits per heavy atom. The number of ether oxygens (including phenoxy) is 1. The van der Waals surface area contributed by atoms with Crippen LogP contribution in [-0.4, -0.2) is 41.6 Å². The van der Waals surface area contributed by atoms with Crippen LogP contribution >= 0.6 is 0 Å². The number of hydrogen-bond acceptors (Lipinski definition) is 4. The zero-order valence-corrected chi connectivity index (χ0v) is 18.2. The molecule has 0 spiro atoms. The average Bonchev–Trinajstić information content (AvgIpc) is 2.80. The Kier molecular flexibility index (Phi) is 8.25. The molecule has 6 heteroatoms. The monoisotopic (exact) mass is 434 g/mol. The number of rotatable bonds is 11. The largest absolute Gasteiger partial charge is 0.497 e. The van der Waals surface area contributed by atoms with Gasteiger partial charge in [-0.2, -0.15) is 0 Å². The molecule has 32 heavy (non-hydrogen) atoms. The lowest BCUT2D eigenvalue weighted by atomic mass is 9.80. The van der Waals surface area contributed by atoms with Crippen LogP contribution < -0.4 is 15.4 Å². The number of aliphatic hydroxyl groups is 1. The van der Waals surface area contributed by atoms with Crippen molar-refractivity contribution < 1.29 is 19.7 Å². The second-order valence-corrected chi connectivity index (χ2v) is 7.91. The molecule has 1 amide bonds. The summed E-state index contributed by atoms with van der Waals surface area (Å²) >= 11 is 0. The first-order valence-corrected chi connectivity index (χ1v) is 10.6. The molecule has 0 unspecified atom stereocenters. The fourth-order valence-corrected chi connectivity index (χ4v) is 3.93. The normalized spacial score (nSPS) is 12.2. The highest BCUT2D eigenvalue weighted by molar-refractivity contribution is 5.66. The van der Waals surface area contributed by atoms with Crippen molar-refractivity contribution in [3.05, 3.63) is 102 Å². The lowest BCUT2D eigenvalue weighted by Gasteiger charge is -2.39. The van der Waals surface area contributed by atoms with Crippen LogP contribution in [0, 0.1) is 0 Å². The number of amides is 1. The second kappa shape index (κ2) is 11.3. The van der Waals surface area contributed by atoms with Crippen molar-refractivity contribution in [3.8, 4) is 5.75 Å². The standard InChI is InChI=1S/C26H30N2O4/c1-32-23-14-8-13-22(15-23)18-27-19-24(29)26(28-25(30)31,16-20-9-4-2-5-10-20)17-21-11-6-3-7-12-21/h2-15,24,27-29H,16-19H2,1H3,(H,30,31)/t24-/m1/s1. The maximum absolute atomic E-state index is 11.8. The molecule has 168 valence electrons. The van der Waals surface area contributed by atoms with Crippen molar-refractivity contribution >= 4 is 6.09 Å². The summed E-state index contributed by atoms with van der Waals surface area (Å²) in [5.74, 6) is 0.764. The lowest BCUT2D eigenvalue weighted by molar-refractivity contribution is 0.0566. The average molecular weight is 435 g/mol. The maximum atomic E-state index is 11.8. The van der Waals surface area contributed by atoms with E-state index in [1.165, 1.54) is 0 Å². The zero-order valence-electron chi connectivity index (χ0n) is 18.2. The SMILES string of the molecule is COc1cccc(CNC[C@@H](O)C(Cc2ccccc2)(Cc2ccccc2)NC(=O)O)c1. The van der Waals surface area contributed by atoms with Crippen molar-refractivity contribution in [1.82, 2.24) is 10.6 Å². The Bertz CT molecular complexity index is 938. The van der Waals surface area contributed by atoms with E-state index in [1.54, 1.807) is 7.11 Å². The first-order chi connectivity index (χ1) is 15.5. The minimum Gasteiger partial charge on any atom is -0.497 e. The molecule has 0 aliphatic heterocycles. The van der Waals surface area contributed by atoms with E-state index in [0.717, 1.165) is 22.4 Å². The van der Waals surface area contributed by atoms with Crippen molar-refractivity contribution in [2.24, 2.45) is 0 Å². The number of hydrogen-bond donors (Lipinski definition) is 4. The van der Waals surface area contributed by atoms with Crippen LogP contribution in [0.1, 0.15) is 16.7 Å². The highest BCUT2D eigenvalue weighted by atomic mass is 16.5. The van der Waals surface area contributed by atoms with E-state index < -0.39 is 17.7 Å². The highest BCUT2D eigenvalue weighted by Gasteiger charge is 2.39. The molecule has 0 saturated heterocycles. The van der Waals surface area contributed by atoms with Crippen LogP contribution in [0.2, 0.25) is 0 Å². The van der Waals surface area contributed by atoms with Gasteiger partial charge in [0, 0.05) is 13.1 Å². The minimum absolute atomic E-state index is 0.219. The van der Waals surface area contributed by atoms with E-state index in [4.69, 9.17) is 4.74 Å². The molecule has 0 aliphatic carbocycles. The van der Waals surface area contributed by atoms with Gasteiger partial charge < -0.3 is 25.6 Å². The number of carbonyl (C=O) groups is 1. The van der Waals surface area contributed by atoms with Gasteiger partial charge in [0.15, 0.2) is 0 Å². The van der Waals surface area contributed by atoms with Gasteiger partial charge in [0.25, 0.3) is 0 Å². The lowest BCUT2D eigenvalue weighted by Crippen LogP contribution is -2.61. The molecule has 3 rings (SSSR count). The molecule has 0 aliphatic rings. The van der Waals surface area contributed by atoms with Crippen LogP contribution in [0.15, 0.2) is 84.9 Å². The van der Waals surface area contributed by atoms with Crippen molar-refractivity contribution in [3.63, 3.8) is 0 Å². The molecule has 0 heterocycles. The van der Waals surface area contributed by atoms with Gasteiger partial charge in [-0.15, -0.1) is 0 Å². The molecule has 3 aromatic rings. The van der Waals surface area contributed by atoms with Crippen molar-refractivity contribution in [2.75, 3.05) is 13.7 Å². The molecule has 0 saturated carbocycles. The van der Waals surface area contributed by atoms with E-state index in [0.29, 0.717) is 19.4 Å². The number of benzene rings is 3. The first-order valence-electron chi connectivity index (χ1n) is 10.6. The molecular weight excluding hydrogens is 404 g/mol. The van der Waals surface area contributed by atoms with E-state index in [1.807, 2.05) is 84.9 Å². The smallest absolute Gasteiger partial charge is 0.405 e. The van der Waals surface area contributed by atoms with E-state index in [9.17, 15) is 15.0 Å². The molecule has 0 bridgehead atoms. The van der Waals surface area contributed by atoms with Crippen LogP contribution in [0.3, 0.4) is 0 Å². The summed E-state index contributed by atoms with van der Waals surface area (Å²) in [6, 6.07) is 26.9. The summed E-state index contributed by atoms with van der Waals surface area (Å²) < 4.78 is 5.26. The minimum atomic E-state index is -1.16. The number of aliphatic hydroxyl groups excluding tert-OH is 1. The van der Waals surface area contributed by atoms with Crippen molar-refractivity contribution in [2.45, 2.75) is 31.0 Å². The Labute approximate surface area is 188 Å². The summed E-state index contributed by atoms with van der Waals surface area (Å²) in [6.07, 6.45) is -1.41. The Morgan fingerprint density at radius 2 is 1.47 bits per heavy atom. The topological polar surface area (TPSA) is 90.8 Å². The van der Waals surface area contributed by atoms with Crippen molar-refractivity contribution in [1.29, 1.82) is 0 Å². The molecule has 0 radical (unpaired) electrons. The Hall–Kier alpha value is -3.35. The van der Waals surface area contributed by atoms with Gasteiger partial charge in [-0.1, -0.05) is 72.8 Å². The molecule has 6 nitrogen and oxygen atoms in total. The summed E-state index contributed by atoms with van der Waals surface area (Å²) in [4.78, 5) is 11.8. The van der Waals surface area contributed by atoms with Crippen LogP contribution in [-0.2, 0) is 19.4 Å². The maximum Gasteiger partial charge on any atom is 0.405 e. The number of carboxylic acid groups (broad SMARTS) is 1. The molecule has 0 fully saturated rings. The van der Waals surface area contributed by atoms with Gasteiger partial charge in [-0.05, 0) is 41.7 Å². The molecule has 3 aromatic carbocycles. The number of nitrogens with one attached hydrogen (secondary N) is 2. The van der Waals surface area contributed by atoms with Crippen LogP contribution in [0.4, 0.5) is 4.79 Å². The molecule has 0 aromatic heterocycles. The van der Waals surface area contributed by atoms with Gasteiger partial charge in [-0.3, -0.25) is 0 Å². The van der Waals surface area contributed by atoms with E-state index in [2.05, 4.69) is 10.6 Å². The predicted molar refractivity (Wildman–Crippen MR) is 125 cm³/mol. The van der Waals surface area contributed by atoms with Gasteiger partial charge in [0.05, 0.1) is 18.8 Å². The third kappa shape index (κ3) is 6.57. The Balaban J connectivity index is 1.81. The van der Waals surface area contributed by atoms with Crippen LogP contribution in [0.5, 0.6) is 5.75 Å². The summed E-state index contributed by atoms with van der Waals surface area (Å²) in [6.45, 7) is 0.741. The fourth-order valence-electron chi connectivity index (χ4n) is 3.93. The zero-order chi connectivity index (χ0) is 22.8.